The van der Waals surface area contributed by atoms with Gasteiger partial charge in [0, 0.05) is 45.0 Å². The molecule has 154 valence electrons. The Bertz CT molecular complexity index is 1050. The third-order valence-corrected chi connectivity index (χ3v) is 5.93. The van der Waals surface area contributed by atoms with E-state index in [9.17, 15) is 8.78 Å². The number of hydrogen-bond donors (Lipinski definition) is 0. The van der Waals surface area contributed by atoms with Gasteiger partial charge in [0.2, 0.25) is 0 Å². The molecule has 2 aliphatic rings. The Morgan fingerprint density at radius 2 is 1.67 bits per heavy atom. The summed E-state index contributed by atoms with van der Waals surface area (Å²) in [5.74, 6) is -0.332. The molecule has 1 saturated heterocycles. The Hall–Kier alpha value is -3.00. The Balaban J connectivity index is 1.35. The number of halogens is 2. The fourth-order valence-corrected chi connectivity index (χ4v) is 4.17. The number of ether oxygens (including phenoxy) is 1. The van der Waals surface area contributed by atoms with Crippen molar-refractivity contribution in [2.45, 2.75) is 30.8 Å². The molecule has 1 aliphatic heterocycles. The van der Waals surface area contributed by atoms with Crippen LogP contribution in [0, 0.1) is 11.6 Å². The summed E-state index contributed by atoms with van der Waals surface area (Å²) in [6, 6.07) is 4.84. The number of hydrogen-bond acceptors (Lipinski definition) is 6. The Morgan fingerprint density at radius 1 is 0.967 bits per heavy atom. The number of methoxy groups -OCH3 is 1. The maximum absolute atomic E-state index is 14.5. The average molecular weight is 409 g/mol. The van der Waals surface area contributed by atoms with E-state index in [1.54, 1.807) is 44.0 Å². The predicted molar refractivity (Wildman–Crippen MR) is 107 cm³/mol. The summed E-state index contributed by atoms with van der Waals surface area (Å²) in [6.07, 6.45) is 8.55. The molecular weight excluding hydrogens is 388 g/mol. The van der Waals surface area contributed by atoms with E-state index >= 15 is 0 Å². The van der Waals surface area contributed by atoms with E-state index in [1.165, 1.54) is 6.07 Å². The quantitative estimate of drug-likeness (QED) is 0.640. The fourth-order valence-electron chi connectivity index (χ4n) is 4.17. The van der Waals surface area contributed by atoms with Gasteiger partial charge in [-0.1, -0.05) is 0 Å². The summed E-state index contributed by atoms with van der Waals surface area (Å²) in [7, 11) is 1.65. The maximum Gasteiger partial charge on any atom is 0.197 e. The molecule has 3 aromatic rings. The molecule has 3 heterocycles. The molecule has 1 aliphatic carbocycles. The van der Waals surface area contributed by atoms with Crippen molar-refractivity contribution in [1.29, 1.82) is 0 Å². The molecule has 2 aromatic heterocycles. The first kappa shape index (κ1) is 19.0. The van der Waals surface area contributed by atoms with Crippen molar-refractivity contribution in [1.82, 2.24) is 19.9 Å². The van der Waals surface area contributed by atoms with Gasteiger partial charge < -0.3 is 9.64 Å². The number of aromatic nitrogens is 4. The van der Waals surface area contributed by atoms with E-state index < -0.39 is 11.6 Å². The zero-order valence-electron chi connectivity index (χ0n) is 16.5. The standard InChI is InChI=1S/C22H21F2N5O/c1-30-15-3-6-29(12-15)19-8-13(7-18(23)20(19)24)16-9-17(16)14-10-27-22(28-11-14)21-25-4-2-5-26-21/h2,4-5,7-8,10-11,15-17H,3,6,9,12H2,1H3/t15-,16?,17?/m0/s1. The van der Waals surface area contributed by atoms with Gasteiger partial charge in [-0.15, -0.1) is 0 Å². The molecule has 30 heavy (non-hydrogen) atoms. The van der Waals surface area contributed by atoms with Gasteiger partial charge in [0.05, 0.1) is 11.8 Å². The molecule has 1 aromatic carbocycles. The molecule has 3 atom stereocenters. The van der Waals surface area contributed by atoms with Crippen LogP contribution < -0.4 is 4.90 Å². The average Bonchev–Trinajstić information content (AvgIpc) is 3.45. The minimum Gasteiger partial charge on any atom is -0.380 e. The van der Waals surface area contributed by atoms with Gasteiger partial charge in [-0.3, -0.25) is 0 Å². The number of nitrogens with zero attached hydrogens (tertiary/aromatic N) is 5. The molecule has 6 nitrogen and oxygen atoms in total. The van der Waals surface area contributed by atoms with Gasteiger partial charge in [0.25, 0.3) is 0 Å². The van der Waals surface area contributed by atoms with Crippen molar-refractivity contribution in [3.05, 3.63) is 65.7 Å². The van der Waals surface area contributed by atoms with Crippen LogP contribution in [0.5, 0.6) is 0 Å². The molecule has 0 amide bonds. The Labute approximate surface area is 173 Å². The third-order valence-electron chi connectivity index (χ3n) is 5.93. The van der Waals surface area contributed by atoms with E-state index in [-0.39, 0.29) is 17.9 Å². The summed E-state index contributed by atoms with van der Waals surface area (Å²) < 4.78 is 34.2. The van der Waals surface area contributed by atoms with Gasteiger partial charge in [-0.05, 0) is 54.0 Å². The zero-order chi connectivity index (χ0) is 20.7. The number of benzene rings is 1. The molecule has 0 spiro atoms. The fraction of sp³-hybridized carbons (Fsp3) is 0.364. The highest BCUT2D eigenvalue weighted by atomic mass is 19.2. The van der Waals surface area contributed by atoms with Crippen molar-refractivity contribution in [3.8, 4) is 11.6 Å². The molecule has 0 N–H and O–H groups in total. The summed E-state index contributed by atoms with van der Waals surface area (Å²) in [4.78, 5) is 18.9. The van der Waals surface area contributed by atoms with Crippen LogP contribution in [-0.2, 0) is 4.74 Å². The number of anilines is 1. The lowest BCUT2D eigenvalue weighted by molar-refractivity contribution is 0.121. The van der Waals surface area contributed by atoms with Crippen LogP contribution in [0.2, 0.25) is 0 Å². The summed E-state index contributed by atoms with van der Waals surface area (Å²) in [5, 5.41) is 0. The van der Waals surface area contributed by atoms with Gasteiger partial charge >= 0.3 is 0 Å². The number of rotatable bonds is 5. The minimum atomic E-state index is -0.804. The van der Waals surface area contributed by atoms with Crippen molar-refractivity contribution in [2.24, 2.45) is 0 Å². The maximum atomic E-state index is 14.5. The first-order valence-corrected chi connectivity index (χ1v) is 10.00. The first-order valence-electron chi connectivity index (χ1n) is 10.00. The monoisotopic (exact) mass is 409 g/mol. The summed E-state index contributed by atoms with van der Waals surface area (Å²) in [5.41, 5.74) is 2.11. The highest BCUT2D eigenvalue weighted by Crippen LogP contribution is 2.55. The lowest BCUT2D eigenvalue weighted by Crippen LogP contribution is -2.23. The van der Waals surface area contributed by atoms with E-state index in [1.807, 2.05) is 4.90 Å². The summed E-state index contributed by atoms with van der Waals surface area (Å²) in [6.45, 7) is 1.23. The van der Waals surface area contributed by atoms with Crippen LogP contribution >= 0.6 is 0 Å². The summed E-state index contributed by atoms with van der Waals surface area (Å²) >= 11 is 0. The molecule has 1 saturated carbocycles. The van der Waals surface area contributed by atoms with E-state index in [0.717, 1.165) is 24.0 Å². The third kappa shape index (κ3) is 3.52. The second kappa shape index (κ2) is 7.68. The van der Waals surface area contributed by atoms with E-state index in [2.05, 4.69) is 19.9 Å². The lowest BCUT2D eigenvalue weighted by atomic mass is 10.0. The molecule has 2 fully saturated rings. The van der Waals surface area contributed by atoms with Crippen molar-refractivity contribution in [2.75, 3.05) is 25.1 Å². The predicted octanol–water partition coefficient (Wildman–Crippen LogP) is 3.71. The van der Waals surface area contributed by atoms with Crippen LogP contribution in [0.25, 0.3) is 11.6 Å². The SMILES string of the molecule is CO[C@H]1CCN(c2cc(C3CC3c3cnc(-c4ncccn4)nc3)cc(F)c2F)C1. The van der Waals surface area contributed by atoms with Crippen molar-refractivity contribution >= 4 is 5.69 Å². The second-order valence-electron chi connectivity index (χ2n) is 7.79. The zero-order valence-corrected chi connectivity index (χ0v) is 16.5. The topological polar surface area (TPSA) is 64.0 Å². The van der Waals surface area contributed by atoms with Gasteiger partial charge in [-0.2, -0.15) is 0 Å². The smallest absolute Gasteiger partial charge is 0.197 e. The van der Waals surface area contributed by atoms with Gasteiger partial charge in [-0.25, -0.2) is 28.7 Å². The largest absolute Gasteiger partial charge is 0.380 e. The van der Waals surface area contributed by atoms with Crippen LogP contribution in [0.3, 0.4) is 0 Å². The van der Waals surface area contributed by atoms with Crippen molar-refractivity contribution < 1.29 is 13.5 Å². The van der Waals surface area contributed by atoms with Crippen molar-refractivity contribution in [3.63, 3.8) is 0 Å². The second-order valence-corrected chi connectivity index (χ2v) is 7.79. The van der Waals surface area contributed by atoms with Crippen LogP contribution in [0.15, 0.2) is 43.0 Å². The van der Waals surface area contributed by atoms with E-state index in [0.29, 0.717) is 30.4 Å². The Morgan fingerprint density at radius 3 is 2.37 bits per heavy atom. The highest BCUT2D eigenvalue weighted by Gasteiger charge is 2.41. The Kier molecular flexibility index (Phi) is 4.86. The van der Waals surface area contributed by atoms with Gasteiger partial charge in [0.1, 0.15) is 0 Å². The molecular formula is C22H21F2N5O. The van der Waals surface area contributed by atoms with Crippen LogP contribution in [-0.4, -0.2) is 46.2 Å². The molecule has 5 rings (SSSR count). The molecule has 8 heteroatoms. The van der Waals surface area contributed by atoms with E-state index in [4.69, 9.17) is 4.74 Å². The lowest BCUT2D eigenvalue weighted by Gasteiger charge is -2.20. The van der Waals surface area contributed by atoms with Crippen LogP contribution in [0.4, 0.5) is 14.5 Å². The highest BCUT2D eigenvalue weighted by molar-refractivity contribution is 5.54. The first-order chi connectivity index (χ1) is 14.6. The molecule has 2 unspecified atom stereocenters. The van der Waals surface area contributed by atoms with Crippen LogP contribution in [0.1, 0.15) is 35.8 Å². The normalized spacial score (nSPS) is 23.0. The molecule has 0 radical (unpaired) electrons. The molecule has 0 bridgehead atoms. The van der Waals surface area contributed by atoms with Gasteiger partial charge in [0.15, 0.2) is 23.3 Å². The minimum absolute atomic E-state index is 0.0500.